The predicted octanol–water partition coefficient (Wildman–Crippen LogP) is 1.88. The molecular formula is C9H18OSi. The average molecular weight is 170 g/mol. The molecule has 2 atom stereocenters. The first-order valence-electron chi connectivity index (χ1n) is 4.03. The van der Waals surface area contributed by atoms with Crippen molar-refractivity contribution in [1.29, 1.82) is 0 Å². The summed E-state index contributed by atoms with van der Waals surface area (Å²) in [6, 6.07) is 0. The number of rotatable bonds is 1. The molecule has 0 spiro atoms. The van der Waals surface area contributed by atoms with Crippen molar-refractivity contribution in [2.75, 3.05) is 0 Å². The van der Waals surface area contributed by atoms with Gasteiger partial charge in [0.1, 0.15) is 8.07 Å². The largest absolute Gasteiger partial charge is 0.392 e. The van der Waals surface area contributed by atoms with E-state index in [4.69, 9.17) is 5.11 Å². The van der Waals surface area contributed by atoms with Crippen LogP contribution in [0.3, 0.4) is 0 Å². The van der Waals surface area contributed by atoms with E-state index in [-0.39, 0.29) is 12.0 Å². The fraction of sp³-hybridized carbons (Fsp3) is 0.778. The lowest BCUT2D eigenvalue weighted by Crippen LogP contribution is -2.18. The molecule has 0 fully saturated rings. The highest BCUT2D eigenvalue weighted by Crippen LogP contribution is 2.02. The number of aliphatic hydroxyl groups excluding tert-OH is 1. The molecule has 64 valence electrons. The lowest BCUT2D eigenvalue weighted by molar-refractivity contribution is 0.161. The first-order valence-corrected chi connectivity index (χ1v) is 7.53. The fourth-order valence-electron chi connectivity index (χ4n) is 0.451. The van der Waals surface area contributed by atoms with Gasteiger partial charge in [0.2, 0.25) is 0 Å². The van der Waals surface area contributed by atoms with Gasteiger partial charge < -0.3 is 5.11 Å². The zero-order chi connectivity index (χ0) is 9.07. The summed E-state index contributed by atoms with van der Waals surface area (Å²) in [7, 11) is -1.24. The van der Waals surface area contributed by atoms with Crippen LogP contribution >= 0.6 is 0 Å². The Morgan fingerprint density at radius 2 is 1.64 bits per heavy atom. The lowest BCUT2D eigenvalue weighted by Gasteiger charge is -2.08. The quantitative estimate of drug-likeness (QED) is 0.470. The summed E-state index contributed by atoms with van der Waals surface area (Å²) in [6.07, 6.45) is -0.307. The maximum absolute atomic E-state index is 9.13. The van der Waals surface area contributed by atoms with Crippen LogP contribution in [0.25, 0.3) is 0 Å². The highest BCUT2D eigenvalue weighted by atomic mass is 28.3. The van der Waals surface area contributed by atoms with E-state index < -0.39 is 8.07 Å². The second-order valence-corrected chi connectivity index (χ2v) is 8.80. The molecule has 0 unspecified atom stereocenters. The first kappa shape index (κ1) is 10.7. The minimum Gasteiger partial charge on any atom is -0.392 e. The second-order valence-electron chi connectivity index (χ2n) is 4.05. The standard InChI is InChI=1S/C9H18OSi/c1-8(9(2)10)6-7-11(3,4)5/h8-10H,1-5H3/t8-,9+/m0/s1. The van der Waals surface area contributed by atoms with Crippen LogP contribution in [0.1, 0.15) is 13.8 Å². The van der Waals surface area contributed by atoms with Gasteiger partial charge in [-0.15, -0.1) is 11.5 Å². The molecule has 2 heteroatoms. The highest BCUT2D eigenvalue weighted by molar-refractivity contribution is 6.83. The van der Waals surface area contributed by atoms with Crippen LogP contribution in [0.15, 0.2) is 0 Å². The van der Waals surface area contributed by atoms with Crippen LogP contribution in [-0.2, 0) is 0 Å². The average Bonchev–Trinajstić information content (AvgIpc) is 1.80. The van der Waals surface area contributed by atoms with Crippen molar-refractivity contribution in [2.45, 2.75) is 39.6 Å². The van der Waals surface area contributed by atoms with Gasteiger partial charge in [-0.1, -0.05) is 19.6 Å². The van der Waals surface area contributed by atoms with Gasteiger partial charge in [0.05, 0.1) is 6.10 Å². The van der Waals surface area contributed by atoms with Crippen molar-refractivity contribution in [3.63, 3.8) is 0 Å². The zero-order valence-corrected chi connectivity index (χ0v) is 9.10. The van der Waals surface area contributed by atoms with E-state index in [9.17, 15) is 0 Å². The molecule has 0 aliphatic rings. The third-order valence-electron chi connectivity index (χ3n) is 1.40. The summed E-state index contributed by atoms with van der Waals surface area (Å²) in [5.74, 6) is 3.20. The Kier molecular flexibility index (Phi) is 3.84. The van der Waals surface area contributed by atoms with Gasteiger partial charge in [0, 0.05) is 5.92 Å². The van der Waals surface area contributed by atoms with E-state index in [2.05, 4.69) is 31.1 Å². The van der Waals surface area contributed by atoms with Crippen LogP contribution in [-0.4, -0.2) is 19.3 Å². The number of hydrogen-bond acceptors (Lipinski definition) is 1. The lowest BCUT2D eigenvalue weighted by atomic mass is 10.1. The van der Waals surface area contributed by atoms with Gasteiger partial charge in [0.25, 0.3) is 0 Å². The van der Waals surface area contributed by atoms with E-state index in [1.807, 2.05) is 6.92 Å². The molecule has 0 aliphatic carbocycles. The molecular weight excluding hydrogens is 152 g/mol. The van der Waals surface area contributed by atoms with Crippen molar-refractivity contribution >= 4 is 8.07 Å². The molecule has 0 heterocycles. The second kappa shape index (κ2) is 3.94. The zero-order valence-electron chi connectivity index (χ0n) is 8.10. The van der Waals surface area contributed by atoms with Crippen LogP contribution < -0.4 is 0 Å². The normalized spacial score (nSPS) is 16.5. The Morgan fingerprint density at radius 3 is 1.91 bits per heavy atom. The molecule has 0 aromatic rings. The maximum Gasteiger partial charge on any atom is 0.129 e. The number of aliphatic hydroxyl groups is 1. The van der Waals surface area contributed by atoms with E-state index in [0.29, 0.717) is 0 Å². The first-order chi connectivity index (χ1) is 4.83. The van der Waals surface area contributed by atoms with Gasteiger partial charge in [-0.2, -0.15) is 0 Å². The smallest absolute Gasteiger partial charge is 0.129 e. The summed E-state index contributed by atoms with van der Waals surface area (Å²) in [5.41, 5.74) is 3.23. The van der Waals surface area contributed by atoms with Gasteiger partial charge in [-0.25, -0.2) is 0 Å². The summed E-state index contributed by atoms with van der Waals surface area (Å²) < 4.78 is 0. The third-order valence-corrected chi connectivity index (χ3v) is 2.29. The minimum atomic E-state index is -1.24. The van der Waals surface area contributed by atoms with E-state index in [1.165, 1.54) is 0 Å². The molecule has 11 heavy (non-hydrogen) atoms. The van der Waals surface area contributed by atoms with Crippen LogP contribution in [0.4, 0.5) is 0 Å². The van der Waals surface area contributed by atoms with Gasteiger partial charge >= 0.3 is 0 Å². The van der Waals surface area contributed by atoms with Crippen LogP contribution in [0.2, 0.25) is 19.6 Å². The Balaban J connectivity index is 4.08. The molecule has 0 bridgehead atoms. The summed E-state index contributed by atoms with van der Waals surface area (Å²) in [5, 5.41) is 9.13. The summed E-state index contributed by atoms with van der Waals surface area (Å²) in [4.78, 5) is 0. The molecule has 1 nitrogen and oxygen atoms in total. The Bertz CT molecular complexity index is 168. The van der Waals surface area contributed by atoms with Crippen LogP contribution in [0.5, 0.6) is 0 Å². The molecule has 0 amide bonds. The predicted molar refractivity (Wildman–Crippen MR) is 52.0 cm³/mol. The van der Waals surface area contributed by atoms with E-state index in [1.54, 1.807) is 6.92 Å². The van der Waals surface area contributed by atoms with E-state index >= 15 is 0 Å². The Labute approximate surface area is 70.8 Å². The fourth-order valence-corrected chi connectivity index (χ4v) is 1.11. The van der Waals surface area contributed by atoms with Gasteiger partial charge in [-0.3, -0.25) is 0 Å². The molecule has 0 rings (SSSR count). The van der Waals surface area contributed by atoms with E-state index in [0.717, 1.165) is 0 Å². The van der Waals surface area contributed by atoms with Crippen molar-refractivity contribution in [1.82, 2.24) is 0 Å². The molecule has 0 aromatic heterocycles. The molecule has 1 N–H and O–H groups in total. The maximum atomic E-state index is 9.13. The molecule has 0 saturated heterocycles. The minimum absolute atomic E-state index is 0.113. The summed E-state index contributed by atoms with van der Waals surface area (Å²) >= 11 is 0. The third kappa shape index (κ3) is 6.15. The van der Waals surface area contributed by atoms with Crippen molar-refractivity contribution < 1.29 is 5.11 Å². The summed E-state index contributed by atoms with van der Waals surface area (Å²) in [6.45, 7) is 10.3. The Morgan fingerprint density at radius 1 is 1.18 bits per heavy atom. The molecule has 0 aromatic carbocycles. The van der Waals surface area contributed by atoms with Gasteiger partial charge in [0.15, 0.2) is 0 Å². The molecule has 0 aliphatic heterocycles. The molecule has 0 saturated carbocycles. The van der Waals surface area contributed by atoms with Crippen molar-refractivity contribution in [2.24, 2.45) is 5.92 Å². The topological polar surface area (TPSA) is 20.2 Å². The highest BCUT2D eigenvalue weighted by Gasteiger charge is 2.09. The SMILES string of the molecule is C[C@@H](O)[C@@H](C)C#C[Si](C)(C)C. The molecule has 0 radical (unpaired) electrons. The Hall–Kier alpha value is -0.263. The number of hydrogen-bond donors (Lipinski definition) is 1. The van der Waals surface area contributed by atoms with Crippen molar-refractivity contribution in [3.8, 4) is 11.5 Å². The van der Waals surface area contributed by atoms with Crippen LogP contribution in [0, 0.1) is 17.4 Å². The van der Waals surface area contributed by atoms with Crippen molar-refractivity contribution in [3.05, 3.63) is 0 Å². The monoisotopic (exact) mass is 170 g/mol. The van der Waals surface area contributed by atoms with Gasteiger partial charge in [-0.05, 0) is 13.8 Å².